The predicted molar refractivity (Wildman–Crippen MR) is 82.6 cm³/mol. The summed E-state index contributed by atoms with van der Waals surface area (Å²) >= 11 is 3.35. The molecule has 1 aromatic carbocycles. The molecule has 0 unspecified atom stereocenters. The van der Waals surface area contributed by atoms with Crippen molar-refractivity contribution in [3.8, 4) is 0 Å². The lowest BCUT2D eigenvalue weighted by Crippen LogP contribution is -2.17. The summed E-state index contributed by atoms with van der Waals surface area (Å²) in [6.07, 6.45) is 1.47. The molecule has 0 radical (unpaired) electrons. The van der Waals surface area contributed by atoms with Gasteiger partial charge < -0.3 is 11.1 Å². The molecule has 0 aliphatic rings. The van der Waals surface area contributed by atoms with E-state index in [-0.39, 0.29) is 23.2 Å². The van der Waals surface area contributed by atoms with Crippen LogP contribution in [0.3, 0.4) is 0 Å². The minimum absolute atomic E-state index is 0.132. The maximum atomic E-state index is 12.2. The smallest absolute Gasteiger partial charge is 0.276 e. The molecule has 104 valence electrons. The first-order chi connectivity index (χ1) is 9.47. The molecule has 2 aromatic rings. The molecule has 1 amide bonds. The molecule has 0 bridgehead atoms. The number of hydrogen-bond donors (Lipinski definition) is 2. The molecule has 1 aromatic heterocycles. The standard InChI is InChI=1S/C14H15BrN4O/c1-8(2)13-17-7-11(16)12(19-13)14(20)18-10-5-3-4-9(15)6-10/h3-8H,16H2,1-2H3,(H,18,20). The van der Waals surface area contributed by atoms with E-state index in [1.807, 2.05) is 26.0 Å². The van der Waals surface area contributed by atoms with Gasteiger partial charge in [0.2, 0.25) is 0 Å². The zero-order valence-electron chi connectivity index (χ0n) is 11.2. The van der Waals surface area contributed by atoms with Crippen LogP contribution < -0.4 is 11.1 Å². The highest BCUT2D eigenvalue weighted by atomic mass is 79.9. The highest BCUT2D eigenvalue weighted by molar-refractivity contribution is 9.10. The van der Waals surface area contributed by atoms with Crippen LogP contribution in [0.5, 0.6) is 0 Å². The number of rotatable bonds is 3. The molecule has 0 fully saturated rings. The summed E-state index contributed by atoms with van der Waals surface area (Å²) in [5, 5.41) is 2.77. The lowest BCUT2D eigenvalue weighted by atomic mass is 10.2. The molecule has 0 atom stereocenters. The topological polar surface area (TPSA) is 80.9 Å². The van der Waals surface area contributed by atoms with E-state index < -0.39 is 0 Å². The van der Waals surface area contributed by atoms with Gasteiger partial charge in [-0.05, 0) is 18.2 Å². The van der Waals surface area contributed by atoms with Gasteiger partial charge in [-0.15, -0.1) is 0 Å². The SMILES string of the molecule is CC(C)c1ncc(N)c(C(=O)Nc2cccc(Br)c2)n1. The molecule has 1 heterocycles. The van der Waals surface area contributed by atoms with Crippen LogP contribution in [0, 0.1) is 0 Å². The summed E-state index contributed by atoms with van der Waals surface area (Å²) in [5.41, 5.74) is 6.92. The second-order valence-corrected chi connectivity index (χ2v) is 5.57. The molecule has 6 heteroatoms. The molecular weight excluding hydrogens is 320 g/mol. The molecular formula is C14H15BrN4O. The van der Waals surface area contributed by atoms with E-state index in [4.69, 9.17) is 5.73 Å². The Kier molecular flexibility index (Phi) is 4.34. The average Bonchev–Trinajstić information content (AvgIpc) is 2.38. The van der Waals surface area contributed by atoms with Crippen molar-refractivity contribution in [2.24, 2.45) is 0 Å². The summed E-state index contributed by atoms with van der Waals surface area (Å²) in [7, 11) is 0. The van der Waals surface area contributed by atoms with E-state index in [2.05, 4.69) is 31.2 Å². The van der Waals surface area contributed by atoms with Crippen molar-refractivity contribution in [3.63, 3.8) is 0 Å². The number of nitrogen functional groups attached to an aromatic ring is 1. The van der Waals surface area contributed by atoms with Crippen molar-refractivity contribution < 1.29 is 4.79 Å². The van der Waals surface area contributed by atoms with Crippen LogP contribution in [0.15, 0.2) is 34.9 Å². The summed E-state index contributed by atoms with van der Waals surface area (Å²) < 4.78 is 0.883. The Balaban J connectivity index is 2.27. The maximum absolute atomic E-state index is 12.2. The van der Waals surface area contributed by atoms with E-state index in [0.29, 0.717) is 11.5 Å². The Bertz CT molecular complexity index is 643. The van der Waals surface area contributed by atoms with Gasteiger partial charge in [0, 0.05) is 16.1 Å². The first-order valence-corrected chi connectivity index (χ1v) is 6.96. The Labute approximate surface area is 125 Å². The van der Waals surface area contributed by atoms with Gasteiger partial charge in [0.25, 0.3) is 5.91 Å². The second-order valence-electron chi connectivity index (χ2n) is 4.65. The average molecular weight is 335 g/mol. The van der Waals surface area contributed by atoms with E-state index in [1.54, 1.807) is 12.1 Å². The molecule has 0 spiro atoms. The number of benzene rings is 1. The van der Waals surface area contributed by atoms with Crippen LogP contribution in [0.1, 0.15) is 36.1 Å². The normalized spacial score (nSPS) is 10.6. The molecule has 2 rings (SSSR count). The highest BCUT2D eigenvalue weighted by Gasteiger charge is 2.15. The number of nitrogens with two attached hydrogens (primary N) is 1. The fourth-order valence-electron chi connectivity index (χ4n) is 1.62. The quantitative estimate of drug-likeness (QED) is 0.903. The number of carbonyl (C=O) groups excluding carboxylic acids is 1. The lowest BCUT2D eigenvalue weighted by Gasteiger charge is -2.09. The Hall–Kier alpha value is -1.95. The summed E-state index contributed by atoms with van der Waals surface area (Å²) in [5.74, 6) is 0.386. The van der Waals surface area contributed by atoms with E-state index in [9.17, 15) is 4.79 Å². The molecule has 20 heavy (non-hydrogen) atoms. The summed E-state index contributed by atoms with van der Waals surface area (Å²) in [6.45, 7) is 3.92. The van der Waals surface area contributed by atoms with Crippen LogP contribution in [-0.2, 0) is 0 Å². The molecule has 5 nitrogen and oxygen atoms in total. The third-order valence-electron chi connectivity index (χ3n) is 2.65. The van der Waals surface area contributed by atoms with Crippen molar-refractivity contribution in [1.82, 2.24) is 9.97 Å². The van der Waals surface area contributed by atoms with Gasteiger partial charge in [0.15, 0.2) is 5.69 Å². The molecule has 3 N–H and O–H groups in total. The van der Waals surface area contributed by atoms with Crippen LogP contribution >= 0.6 is 15.9 Å². The number of aromatic nitrogens is 2. The fourth-order valence-corrected chi connectivity index (χ4v) is 2.02. The zero-order chi connectivity index (χ0) is 14.7. The monoisotopic (exact) mass is 334 g/mol. The third kappa shape index (κ3) is 3.33. The van der Waals surface area contributed by atoms with E-state index in [1.165, 1.54) is 6.20 Å². The minimum atomic E-state index is -0.343. The number of carbonyl (C=O) groups is 1. The first kappa shape index (κ1) is 14.5. The second kappa shape index (κ2) is 6.00. The maximum Gasteiger partial charge on any atom is 0.276 e. The number of hydrogen-bond acceptors (Lipinski definition) is 4. The molecule has 0 saturated carbocycles. The summed E-state index contributed by atoms with van der Waals surface area (Å²) in [6, 6.07) is 7.32. The van der Waals surface area contributed by atoms with Gasteiger partial charge in [-0.25, -0.2) is 9.97 Å². The molecule has 0 saturated heterocycles. The first-order valence-electron chi connectivity index (χ1n) is 6.16. The Morgan fingerprint density at radius 1 is 1.40 bits per heavy atom. The Morgan fingerprint density at radius 2 is 2.15 bits per heavy atom. The van der Waals surface area contributed by atoms with Gasteiger partial charge in [0.1, 0.15) is 5.82 Å². The van der Waals surface area contributed by atoms with Crippen LogP contribution in [0.2, 0.25) is 0 Å². The largest absolute Gasteiger partial charge is 0.396 e. The molecule has 0 aliphatic heterocycles. The third-order valence-corrected chi connectivity index (χ3v) is 3.14. The number of anilines is 2. The number of nitrogens with one attached hydrogen (secondary N) is 1. The van der Waals surface area contributed by atoms with Crippen molar-refractivity contribution in [1.29, 1.82) is 0 Å². The van der Waals surface area contributed by atoms with Crippen molar-refractivity contribution in [3.05, 3.63) is 46.5 Å². The number of nitrogens with zero attached hydrogens (tertiary/aromatic N) is 2. The summed E-state index contributed by atoms with van der Waals surface area (Å²) in [4.78, 5) is 20.6. The fraction of sp³-hybridized carbons (Fsp3) is 0.214. The lowest BCUT2D eigenvalue weighted by molar-refractivity contribution is 0.102. The van der Waals surface area contributed by atoms with Crippen molar-refractivity contribution in [2.45, 2.75) is 19.8 Å². The predicted octanol–water partition coefficient (Wildman–Crippen LogP) is 3.20. The zero-order valence-corrected chi connectivity index (χ0v) is 12.8. The van der Waals surface area contributed by atoms with Crippen molar-refractivity contribution >= 4 is 33.2 Å². The van der Waals surface area contributed by atoms with E-state index in [0.717, 1.165) is 4.47 Å². The molecule has 0 aliphatic carbocycles. The van der Waals surface area contributed by atoms with Gasteiger partial charge in [-0.2, -0.15) is 0 Å². The van der Waals surface area contributed by atoms with Gasteiger partial charge in [-0.3, -0.25) is 4.79 Å². The minimum Gasteiger partial charge on any atom is -0.396 e. The van der Waals surface area contributed by atoms with Crippen molar-refractivity contribution in [2.75, 3.05) is 11.1 Å². The van der Waals surface area contributed by atoms with Crippen LogP contribution in [0.4, 0.5) is 11.4 Å². The van der Waals surface area contributed by atoms with Gasteiger partial charge in [0.05, 0.1) is 11.9 Å². The highest BCUT2D eigenvalue weighted by Crippen LogP contribution is 2.18. The number of halogens is 1. The van der Waals surface area contributed by atoms with E-state index >= 15 is 0 Å². The number of amides is 1. The van der Waals surface area contributed by atoms with Gasteiger partial charge >= 0.3 is 0 Å². The Morgan fingerprint density at radius 3 is 2.80 bits per heavy atom. The van der Waals surface area contributed by atoms with Crippen LogP contribution in [-0.4, -0.2) is 15.9 Å². The van der Waals surface area contributed by atoms with Gasteiger partial charge in [-0.1, -0.05) is 35.8 Å². The van der Waals surface area contributed by atoms with Crippen LogP contribution in [0.25, 0.3) is 0 Å².